The molecule has 2 aromatic heterocycles. The first kappa shape index (κ1) is 22.5. The average molecular weight is 514 g/mol. The zero-order chi connectivity index (χ0) is 26.8. The molecular formula is C36H23N3O. The van der Waals surface area contributed by atoms with Crippen molar-refractivity contribution in [3.05, 3.63) is 138 Å². The van der Waals surface area contributed by atoms with E-state index in [1.54, 1.807) is 4.40 Å². The molecule has 0 spiro atoms. The summed E-state index contributed by atoms with van der Waals surface area (Å²) in [6, 6.07) is 42.8. The van der Waals surface area contributed by atoms with Gasteiger partial charge in [0.2, 0.25) is 0 Å². The molecule has 0 amide bonds. The second kappa shape index (κ2) is 8.52. The zero-order valence-electron chi connectivity index (χ0n) is 21.5. The lowest BCUT2D eigenvalue weighted by Crippen LogP contribution is -2.13. The number of fused-ring (bicyclic) bond motifs is 4. The first-order chi connectivity index (χ1) is 19.7. The molecule has 6 aromatic carbocycles. The van der Waals surface area contributed by atoms with Crippen LogP contribution in [0, 0.1) is 0 Å². The molecular weight excluding hydrogens is 490 g/mol. The number of nitrogen functional groups attached to an aromatic ring is 1. The first-order valence-corrected chi connectivity index (χ1v) is 13.3. The third-order valence-corrected chi connectivity index (χ3v) is 7.90. The van der Waals surface area contributed by atoms with Gasteiger partial charge in [0.1, 0.15) is 5.65 Å². The molecule has 0 aliphatic heterocycles. The highest BCUT2D eigenvalue weighted by Gasteiger charge is 2.21. The van der Waals surface area contributed by atoms with Crippen LogP contribution >= 0.6 is 0 Å². The number of pyridine rings is 1. The smallest absolute Gasteiger partial charge is 0.264 e. The number of hydrogen-bond donors (Lipinski definition) is 1. The van der Waals surface area contributed by atoms with E-state index in [1.165, 1.54) is 0 Å². The van der Waals surface area contributed by atoms with Crippen molar-refractivity contribution >= 4 is 43.9 Å². The van der Waals surface area contributed by atoms with Crippen molar-refractivity contribution in [2.45, 2.75) is 0 Å². The summed E-state index contributed by atoms with van der Waals surface area (Å²) in [5, 5.41) is 3.29. The lowest BCUT2D eigenvalue weighted by atomic mass is 9.93. The van der Waals surface area contributed by atoms with Crippen molar-refractivity contribution in [2.75, 3.05) is 5.73 Å². The highest BCUT2D eigenvalue weighted by atomic mass is 16.1. The molecule has 40 heavy (non-hydrogen) atoms. The topological polar surface area (TPSA) is 60.4 Å². The van der Waals surface area contributed by atoms with Gasteiger partial charge in [-0.05, 0) is 58.1 Å². The second-order valence-corrected chi connectivity index (χ2v) is 10.2. The maximum atomic E-state index is 14.3. The summed E-state index contributed by atoms with van der Waals surface area (Å²) >= 11 is 0. The van der Waals surface area contributed by atoms with E-state index in [0.717, 1.165) is 60.6 Å². The lowest BCUT2D eigenvalue weighted by Gasteiger charge is -2.14. The Kier molecular flexibility index (Phi) is 4.79. The third kappa shape index (κ3) is 3.20. The summed E-state index contributed by atoms with van der Waals surface area (Å²) in [5.74, 6) is 0. The molecule has 188 valence electrons. The van der Waals surface area contributed by atoms with E-state index in [1.807, 2.05) is 78.9 Å². The molecule has 0 aliphatic rings. The van der Waals surface area contributed by atoms with Crippen LogP contribution in [-0.2, 0) is 0 Å². The number of rotatable bonds is 3. The summed E-state index contributed by atoms with van der Waals surface area (Å²) in [7, 11) is 0. The van der Waals surface area contributed by atoms with Crippen molar-refractivity contribution < 1.29 is 0 Å². The van der Waals surface area contributed by atoms with Gasteiger partial charge in [0, 0.05) is 32.8 Å². The van der Waals surface area contributed by atoms with Crippen molar-refractivity contribution in [3.63, 3.8) is 0 Å². The van der Waals surface area contributed by atoms with Gasteiger partial charge >= 0.3 is 0 Å². The molecule has 0 saturated carbocycles. The van der Waals surface area contributed by atoms with E-state index in [9.17, 15) is 4.79 Å². The van der Waals surface area contributed by atoms with Crippen LogP contribution in [-0.4, -0.2) is 9.38 Å². The average Bonchev–Trinajstić information content (AvgIpc) is 3.41. The monoisotopic (exact) mass is 513 g/mol. The summed E-state index contributed by atoms with van der Waals surface area (Å²) in [5.41, 5.74) is 15.6. The van der Waals surface area contributed by atoms with Crippen LogP contribution in [0.1, 0.15) is 0 Å². The van der Waals surface area contributed by atoms with Gasteiger partial charge in [-0.25, -0.2) is 4.98 Å². The van der Waals surface area contributed by atoms with Gasteiger partial charge < -0.3 is 5.73 Å². The minimum atomic E-state index is -0.0931. The summed E-state index contributed by atoms with van der Waals surface area (Å²) in [6.45, 7) is 0. The van der Waals surface area contributed by atoms with Gasteiger partial charge in [0.15, 0.2) is 0 Å². The molecule has 0 unspecified atom stereocenters. The predicted octanol–water partition coefficient (Wildman–Crippen LogP) is 8.18. The van der Waals surface area contributed by atoms with E-state index in [4.69, 9.17) is 10.7 Å². The normalized spacial score (nSPS) is 11.7. The van der Waals surface area contributed by atoms with E-state index in [-0.39, 0.29) is 5.56 Å². The SMILES string of the molecule is Nc1ccc2c3c1c(-c1ccccc1)ccc3c(=O)n1c3cc(-c4ccccc4)cc(-c4ccccc4)c3nc21. The number of anilines is 1. The number of nitrogens with zero attached hydrogens (tertiary/aromatic N) is 2. The number of hydrogen-bond acceptors (Lipinski definition) is 3. The van der Waals surface area contributed by atoms with E-state index >= 15 is 0 Å². The summed E-state index contributed by atoms with van der Waals surface area (Å²) in [4.78, 5) is 19.5. The minimum absolute atomic E-state index is 0.0931. The van der Waals surface area contributed by atoms with Crippen LogP contribution in [0.15, 0.2) is 132 Å². The van der Waals surface area contributed by atoms with Crippen LogP contribution < -0.4 is 11.3 Å². The Labute approximate surface area is 229 Å². The minimum Gasteiger partial charge on any atom is -0.398 e. The quantitative estimate of drug-likeness (QED) is 0.242. The molecule has 4 nitrogen and oxygen atoms in total. The van der Waals surface area contributed by atoms with E-state index < -0.39 is 0 Å². The highest BCUT2D eigenvalue weighted by Crippen LogP contribution is 2.40. The summed E-state index contributed by atoms with van der Waals surface area (Å²) in [6.07, 6.45) is 0. The van der Waals surface area contributed by atoms with Crippen molar-refractivity contribution in [1.29, 1.82) is 0 Å². The molecule has 0 atom stereocenters. The molecule has 0 fully saturated rings. The molecule has 0 bridgehead atoms. The Bertz CT molecular complexity index is 2270. The van der Waals surface area contributed by atoms with Crippen LogP contribution in [0.2, 0.25) is 0 Å². The number of aromatic nitrogens is 2. The van der Waals surface area contributed by atoms with Gasteiger partial charge in [0.05, 0.1) is 11.0 Å². The maximum Gasteiger partial charge on any atom is 0.264 e. The summed E-state index contributed by atoms with van der Waals surface area (Å²) < 4.78 is 1.78. The van der Waals surface area contributed by atoms with Gasteiger partial charge in [-0.15, -0.1) is 0 Å². The molecule has 8 rings (SSSR count). The second-order valence-electron chi connectivity index (χ2n) is 10.2. The van der Waals surface area contributed by atoms with Crippen LogP contribution in [0.3, 0.4) is 0 Å². The van der Waals surface area contributed by atoms with E-state index in [0.29, 0.717) is 16.7 Å². The first-order valence-electron chi connectivity index (χ1n) is 13.3. The van der Waals surface area contributed by atoms with E-state index in [2.05, 4.69) is 48.5 Å². The molecule has 2 heterocycles. The van der Waals surface area contributed by atoms with Crippen molar-refractivity contribution in [3.8, 4) is 33.4 Å². The fraction of sp³-hybridized carbons (Fsp3) is 0. The fourth-order valence-electron chi connectivity index (χ4n) is 6.06. The van der Waals surface area contributed by atoms with Crippen molar-refractivity contribution in [1.82, 2.24) is 9.38 Å². The molecule has 0 radical (unpaired) electrons. The lowest BCUT2D eigenvalue weighted by molar-refractivity contribution is 1.19. The Hall–Kier alpha value is -5.48. The van der Waals surface area contributed by atoms with Crippen molar-refractivity contribution in [2.24, 2.45) is 0 Å². The Morgan fingerprint density at radius 2 is 1.15 bits per heavy atom. The van der Waals surface area contributed by atoms with Gasteiger partial charge in [0.25, 0.3) is 5.56 Å². The largest absolute Gasteiger partial charge is 0.398 e. The Morgan fingerprint density at radius 1 is 0.550 bits per heavy atom. The third-order valence-electron chi connectivity index (χ3n) is 7.90. The van der Waals surface area contributed by atoms with Gasteiger partial charge in [-0.3, -0.25) is 9.20 Å². The molecule has 4 heteroatoms. The zero-order valence-corrected chi connectivity index (χ0v) is 21.5. The Morgan fingerprint density at radius 3 is 1.82 bits per heavy atom. The fourth-order valence-corrected chi connectivity index (χ4v) is 6.06. The number of benzene rings is 6. The number of imidazole rings is 1. The standard InChI is InChI=1S/C36H23N3O/c37-30-19-18-27-32-28(17-16-26(33(30)32)23-12-6-2-7-13-23)36(40)39-31-21-25(22-10-4-1-5-11-22)20-29(34(31)38-35(27)39)24-14-8-3-9-15-24/h1-21H,37H2. The molecule has 0 saturated heterocycles. The maximum absolute atomic E-state index is 14.3. The Balaban J connectivity index is 1.55. The molecule has 2 N–H and O–H groups in total. The van der Waals surface area contributed by atoms with Crippen LogP contribution in [0.4, 0.5) is 5.69 Å². The predicted molar refractivity (Wildman–Crippen MR) is 166 cm³/mol. The highest BCUT2D eigenvalue weighted by molar-refractivity contribution is 6.22. The molecule has 8 aromatic rings. The van der Waals surface area contributed by atoms with Crippen LogP contribution in [0.5, 0.6) is 0 Å². The number of nitrogens with two attached hydrogens (primary N) is 1. The van der Waals surface area contributed by atoms with Gasteiger partial charge in [-0.2, -0.15) is 0 Å². The molecule has 0 aliphatic carbocycles. The van der Waals surface area contributed by atoms with Crippen LogP contribution in [0.25, 0.3) is 71.6 Å². The van der Waals surface area contributed by atoms with Gasteiger partial charge in [-0.1, -0.05) is 97.1 Å².